The van der Waals surface area contributed by atoms with Gasteiger partial charge in [-0.05, 0) is 20.8 Å². The molecule has 0 saturated heterocycles. The van der Waals surface area contributed by atoms with E-state index >= 15 is 0 Å². The van der Waals surface area contributed by atoms with E-state index in [0.717, 1.165) is 0 Å². The Morgan fingerprint density at radius 2 is 1.35 bits per heavy atom. The van der Waals surface area contributed by atoms with Gasteiger partial charge in [0.25, 0.3) is 0 Å². The number of phosphoric acid groups is 1. The first-order chi connectivity index (χ1) is 7.89. The highest BCUT2D eigenvalue weighted by molar-refractivity contribution is 7.48. The lowest BCUT2D eigenvalue weighted by molar-refractivity contribution is -0.118. The average molecular weight is 266 g/mol. The molecule has 0 unspecified atom stereocenters. The van der Waals surface area contributed by atoms with E-state index in [9.17, 15) is 14.2 Å². The molecule has 0 aromatic heterocycles. The zero-order valence-electron chi connectivity index (χ0n) is 10.4. The van der Waals surface area contributed by atoms with Crippen LogP contribution in [0.5, 0.6) is 0 Å². The van der Waals surface area contributed by atoms with Gasteiger partial charge in [-0.15, -0.1) is 0 Å². The lowest BCUT2D eigenvalue weighted by Gasteiger charge is -2.16. The molecule has 0 N–H and O–H groups in total. The first-order valence-electron chi connectivity index (χ1n) is 5.42. The third-order valence-corrected chi connectivity index (χ3v) is 3.27. The Labute approximate surface area is 101 Å². The summed E-state index contributed by atoms with van der Waals surface area (Å²) in [7, 11) is -3.64. The Balaban J connectivity index is 4.10. The molecule has 17 heavy (non-hydrogen) atoms. The second-order valence-electron chi connectivity index (χ2n) is 3.44. The van der Waals surface area contributed by atoms with Gasteiger partial charge in [-0.3, -0.25) is 23.2 Å². The number of rotatable bonds is 10. The van der Waals surface area contributed by atoms with Crippen molar-refractivity contribution in [2.45, 2.75) is 33.6 Å². The first kappa shape index (κ1) is 16.4. The summed E-state index contributed by atoms with van der Waals surface area (Å²) in [6.45, 7) is 4.59. The minimum atomic E-state index is -3.64. The van der Waals surface area contributed by atoms with E-state index in [1.165, 1.54) is 13.8 Å². The van der Waals surface area contributed by atoms with Crippen molar-refractivity contribution < 1.29 is 27.7 Å². The molecule has 0 bridgehead atoms. The number of Topliss-reactive ketones (excluding diaryl/α,β-unsaturated/α-hetero) is 2. The number of hydrogen-bond donors (Lipinski definition) is 0. The summed E-state index contributed by atoms with van der Waals surface area (Å²) in [4.78, 5) is 21.4. The number of carbonyl (C=O) groups excluding carboxylic acids is 2. The molecule has 0 fully saturated rings. The zero-order chi connectivity index (χ0) is 13.3. The van der Waals surface area contributed by atoms with E-state index in [0.29, 0.717) is 0 Å². The summed E-state index contributed by atoms with van der Waals surface area (Å²) in [5.41, 5.74) is 0. The zero-order valence-corrected chi connectivity index (χ0v) is 11.3. The van der Waals surface area contributed by atoms with Crippen molar-refractivity contribution in [2.75, 3.05) is 19.8 Å². The SMILES string of the molecule is CCOP(=O)(OCCC(C)=O)OCCC(C)=O. The van der Waals surface area contributed by atoms with Gasteiger partial charge in [-0.1, -0.05) is 0 Å². The van der Waals surface area contributed by atoms with Crippen LogP contribution in [0.1, 0.15) is 33.6 Å². The predicted octanol–water partition coefficient (Wildman–Crippen LogP) is 2.12. The second kappa shape index (κ2) is 8.53. The molecule has 0 rings (SSSR count). The smallest absolute Gasteiger partial charge is 0.300 e. The third-order valence-electron chi connectivity index (χ3n) is 1.69. The molecule has 0 aliphatic carbocycles. The molecule has 0 aliphatic heterocycles. The van der Waals surface area contributed by atoms with Crippen molar-refractivity contribution in [1.82, 2.24) is 0 Å². The normalized spacial score (nSPS) is 11.5. The molecule has 6 nitrogen and oxygen atoms in total. The van der Waals surface area contributed by atoms with Gasteiger partial charge in [0.2, 0.25) is 0 Å². The van der Waals surface area contributed by atoms with E-state index in [2.05, 4.69) is 0 Å². The Hall–Kier alpha value is -0.550. The fourth-order valence-corrected chi connectivity index (χ4v) is 2.04. The fraction of sp³-hybridized carbons (Fsp3) is 0.800. The molecule has 0 aromatic carbocycles. The van der Waals surface area contributed by atoms with Gasteiger partial charge >= 0.3 is 7.82 Å². The summed E-state index contributed by atoms with van der Waals surface area (Å²) in [6, 6.07) is 0. The Morgan fingerprint density at radius 1 is 0.941 bits per heavy atom. The maximum atomic E-state index is 11.9. The van der Waals surface area contributed by atoms with Crippen LogP contribution in [0.15, 0.2) is 0 Å². The number of carbonyl (C=O) groups is 2. The second-order valence-corrected chi connectivity index (χ2v) is 5.10. The van der Waals surface area contributed by atoms with E-state index in [-0.39, 0.29) is 44.2 Å². The number of hydrogen-bond acceptors (Lipinski definition) is 6. The molecule has 0 radical (unpaired) electrons. The molecular formula is C10H19O6P. The standard InChI is InChI=1S/C10H19O6P/c1-4-14-17(13,15-7-5-9(2)11)16-8-6-10(3)12/h4-8H2,1-3H3. The van der Waals surface area contributed by atoms with Crippen LogP contribution in [-0.4, -0.2) is 31.4 Å². The van der Waals surface area contributed by atoms with Gasteiger partial charge in [0.1, 0.15) is 11.6 Å². The van der Waals surface area contributed by atoms with Gasteiger partial charge in [0, 0.05) is 12.8 Å². The fourth-order valence-electron chi connectivity index (χ4n) is 0.872. The molecule has 7 heteroatoms. The lowest BCUT2D eigenvalue weighted by atomic mass is 10.3. The molecular weight excluding hydrogens is 247 g/mol. The van der Waals surface area contributed by atoms with E-state index in [4.69, 9.17) is 13.6 Å². The minimum Gasteiger partial charge on any atom is -0.300 e. The van der Waals surface area contributed by atoms with Gasteiger partial charge in [0.15, 0.2) is 0 Å². The summed E-state index contributed by atoms with van der Waals surface area (Å²) >= 11 is 0. The Kier molecular flexibility index (Phi) is 8.25. The van der Waals surface area contributed by atoms with Crippen LogP contribution in [0.2, 0.25) is 0 Å². The Morgan fingerprint density at radius 3 is 1.65 bits per heavy atom. The van der Waals surface area contributed by atoms with Crippen molar-refractivity contribution in [1.29, 1.82) is 0 Å². The maximum absolute atomic E-state index is 11.9. The van der Waals surface area contributed by atoms with Gasteiger partial charge in [-0.2, -0.15) is 0 Å². The quantitative estimate of drug-likeness (QED) is 0.563. The van der Waals surface area contributed by atoms with Crippen molar-refractivity contribution >= 4 is 19.4 Å². The van der Waals surface area contributed by atoms with E-state index < -0.39 is 7.82 Å². The topological polar surface area (TPSA) is 78.9 Å². The highest BCUT2D eigenvalue weighted by Crippen LogP contribution is 2.49. The van der Waals surface area contributed by atoms with Crippen LogP contribution in [-0.2, 0) is 27.7 Å². The van der Waals surface area contributed by atoms with Crippen LogP contribution < -0.4 is 0 Å². The monoisotopic (exact) mass is 266 g/mol. The van der Waals surface area contributed by atoms with Crippen LogP contribution in [0.4, 0.5) is 0 Å². The van der Waals surface area contributed by atoms with E-state index in [1.54, 1.807) is 6.92 Å². The molecule has 0 aromatic rings. The summed E-state index contributed by atoms with van der Waals surface area (Å²) < 4.78 is 26.7. The van der Waals surface area contributed by atoms with Crippen LogP contribution in [0, 0.1) is 0 Å². The Bertz CT molecular complexity index is 277. The van der Waals surface area contributed by atoms with E-state index in [1.807, 2.05) is 0 Å². The molecule has 0 spiro atoms. The average Bonchev–Trinajstić information content (AvgIpc) is 2.16. The molecule has 0 aliphatic rings. The highest BCUT2D eigenvalue weighted by Gasteiger charge is 2.25. The third kappa shape index (κ3) is 9.18. The summed E-state index contributed by atoms with van der Waals surface area (Å²) in [5.74, 6) is -0.145. The molecule has 100 valence electrons. The van der Waals surface area contributed by atoms with Crippen LogP contribution in [0.3, 0.4) is 0 Å². The van der Waals surface area contributed by atoms with Crippen molar-refractivity contribution in [2.24, 2.45) is 0 Å². The van der Waals surface area contributed by atoms with Crippen molar-refractivity contribution in [3.05, 3.63) is 0 Å². The van der Waals surface area contributed by atoms with Crippen LogP contribution in [0.25, 0.3) is 0 Å². The predicted molar refractivity (Wildman–Crippen MR) is 61.7 cm³/mol. The summed E-state index contributed by atoms with van der Waals surface area (Å²) in [6.07, 6.45) is 0.292. The lowest BCUT2D eigenvalue weighted by Crippen LogP contribution is -2.06. The van der Waals surface area contributed by atoms with Crippen molar-refractivity contribution in [3.63, 3.8) is 0 Å². The number of phosphoric ester groups is 1. The number of ketones is 2. The molecule has 0 atom stereocenters. The van der Waals surface area contributed by atoms with Crippen LogP contribution >= 0.6 is 7.82 Å². The van der Waals surface area contributed by atoms with Gasteiger partial charge in [-0.25, -0.2) is 4.57 Å². The largest absolute Gasteiger partial charge is 0.474 e. The highest BCUT2D eigenvalue weighted by atomic mass is 31.2. The maximum Gasteiger partial charge on any atom is 0.474 e. The molecule has 0 saturated carbocycles. The first-order valence-corrected chi connectivity index (χ1v) is 6.88. The molecule has 0 amide bonds. The molecule has 0 heterocycles. The van der Waals surface area contributed by atoms with Gasteiger partial charge < -0.3 is 0 Å². The van der Waals surface area contributed by atoms with Gasteiger partial charge in [0.05, 0.1) is 19.8 Å². The summed E-state index contributed by atoms with van der Waals surface area (Å²) in [5, 5.41) is 0. The minimum absolute atomic E-state index is 0.0211. The van der Waals surface area contributed by atoms with Crippen molar-refractivity contribution in [3.8, 4) is 0 Å².